The van der Waals surface area contributed by atoms with Crippen molar-refractivity contribution in [1.29, 1.82) is 0 Å². The molecule has 18 heavy (non-hydrogen) atoms. The fourth-order valence-corrected chi connectivity index (χ4v) is 2.76. The molecule has 2 heteroatoms. The summed E-state index contributed by atoms with van der Waals surface area (Å²) < 4.78 is 0. The Hall–Kier alpha value is -1.02. The van der Waals surface area contributed by atoms with Crippen LogP contribution in [0.15, 0.2) is 24.3 Å². The average Bonchev–Trinajstić information content (AvgIpc) is 2.93. The lowest BCUT2D eigenvalue weighted by molar-refractivity contribution is 0.652. The van der Waals surface area contributed by atoms with Crippen molar-refractivity contribution in [3.63, 3.8) is 0 Å². The predicted octanol–water partition coefficient (Wildman–Crippen LogP) is 3.57. The molecule has 1 aromatic rings. The summed E-state index contributed by atoms with van der Waals surface area (Å²) in [7, 11) is 2.24. The molecule has 0 aromatic heterocycles. The van der Waals surface area contributed by atoms with Crippen molar-refractivity contribution in [3.05, 3.63) is 29.8 Å². The first-order valence-electron chi connectivity index (χ1n) is 7.33. The summed E-state index contributed by atoms with van der Waals surface area (Å²) in [5.41, 5.74) is 2.74. The lowest BCUT2D eigenvalue weighted by Crippen LogP contribution is -2.28. The van der Waals surface area contributed by atoms with Gasteiger partial charge in [0.2, 0.25) is 0 Å². The van der Waals surface area contributed by atoms with E-state index < -0.39 is 0 Å². The van der Waals surface area contributed by atoms with E-state index >= 15 is 0 Å². The summed E-state index contributed by atoms with van der Waals surface area (Å²) in [6.07, 6.45) is 6.71. The third-order valence-corrected chi connectivity index (χ3v) is 3.97. The maximum Gasteiger partial charge on any atom is 0.0366 e. The molecule has 0 bridgehead atoms. The number of hydrogen-bond acceptors (Lipinski definition) is 2. The van der Waals surface area contributed by atoms with Gasteiger partial charge in [0, 0.05) is 25.3 Å². The van der Waals surface area contributed by atoms with Crippen LogP contribution < -0.4 is 10.2 Å². The molecule has 0 aliphatic heterocycles. The lowest BCUT2D eigenvalue weighted by atomic mass is 10.1. The van der Waals surface area contributed by atoms with E-state index in [1.165, 1.54) is 43.4 Å². The van der Waals surface area contributed by atoms with Crippen LogP contribution in [-0.4, -0.2) is 19.6 Å². The molecule has 1 fully saturated rings. The Morgan fingerprint density at radius 3 is 2.44 bits per heavy atom. The molecule has 0 spiro atoms. The Kier molecular flexibility index (Phi) is 5.06. The van der Waals surface area contributed by atoms with Crippen LogP contribution >= 0.6 is 0 Å². The zero-order valence-electron chi connectivity index (χ0n) is 11.8. The SMILES string of the molecule is CCCNCc1ccc(N(C)C2CCCC2)cc1. The number of rotatable bonds is 6. The van der Waals surface area contributed by atoms with Gasteiger partial charge in [-0.3, -0.25) is 0 Å². The van der Waals surface area contributed by atoms with Gasteiger partial charge >= 0.3 is 0 Å². The predicted molar refractivity (Wildman–Crippen MR) is 79.1 cm³/mol. The van der Waals surface area contributed by atoms with Crippen LogP contribution in [0.25, 0.3) is 0 Å². The van der Waals surface area contributed by atoms with Crippen molar-refractivity contribution < 1.29 is 0 Å². The molecule has 2 rings (SSSR count). The van der Waals surface area contributed by atoms with Crippen LogP contribution in [0.1, 0.15) is 44.6 Å². The zero-order valence-corrected chi connectivity index (χ0v) is 11.8. The van der Waals surface area contributed by atoms with E-state index in [2.05, 4.69) is 48.5 Å². The van der Waals surface area contributed by atoms with Gasteiger partial charge < -0.3 is 10.2 Å². The molecule has 1 saturated carbocycles. The second kappa shape index (κ2) is 6.79. The van der Waals surface area contributed by atoms with Crippen LogP contribution in [0, 0.1) is 0 Å². The van der Waals surface area contributed by atoms with Gasteiger partial charge in [0.25, 0.3) is 0 Å². The van der Waals surface area contributed by atoms with Crippen molar-refractivity contribution in [2.45, 2.75) is 51.6 Å². The average molecular weight is 246 g/mol. The highest BCUT2D eigenvalue weighted by molar-refractivity contribution is 5.48. The molecule has 0 heterocycles. The first kappa shape index (κ1) is 13.4. The van der Waals surface area contributed by atoms with Gasteiger partial charge in [-0.25, -0.2) is 0 Å². The van der Waals surface area contributed by atoms with Crippen molar-refractivity contribution in [2.24, 2.45) is 0 Å². The van der Waals surface area contributed by atoms with Crippen LogP contribution in [0.2, 0.25) is 0 Å². The molecule has 2 nitrogen and oxygen atoms in total. The minimum absolute atomic E-state index is 0.758. The zero-order chi connectivity index (χ0) is 12.8. The smallest absolute Gasteiger partial charge is 0.0366 e. The molecule has 1 aromatic carbocycles. The molecular formula is C16H26N2. The minimum Gasteiger partial charge on any atom is -0.372 e. The monoisotopic (exact) mass is 246 g/mol. The van der Waals surface area contributed by atoms with Crippen molar-refractivity contribution in [2.75, 3.05) is 18.5 Å². The third kappa shape index (κ3) is 3.49. The number of nitrogens with zero attached hydrogens (tertiary/aromatic N) is 1. The van der Waals surface area contributed by atoms with Crippen molar-refractivity contribution in [3.8, 4) is 0 Å². The van der Waals surface area contributed by atoms with Gasteiger partial charge in [0.15, 0.2) is 0 Å². The second-order valence-corrected chi connectivity index (χ2v) is 5.39. The molecule has 100 valence electrons. The molecule has 1 N–H and O–H groups in total. The van der Waals surface area contributed by atoms with E-state index in [0.717, 1.165) is 19.1 Å². The van der Waals surface area contributed by atoms with E-state index in [4.69, 9.17) is 0 Å². The molecule has 0 atom stereocenters. The molecule has 0 unspecified atom stereocenters. The lowest BCUT2D eigenvalue weighted by Gasteiger charge is -2.26. The summed E-state index contributed by atoms with van der Waals surface area (Å²) in [6, 6.07) is 9.80. The van der Waals surface area contributed by atoms with Crippen LogP contribution in [-0.2, 0) is 6.54 Å². The highest BCUT2D eigenvalue weighted by atomic mass is 15.1. The molecular weight excluding hydrogens is 220 g/mol. The van der Waals surface area contributed by atoms with E-state index in [-0.39, 0.29) is 0 Å². The number of hydrogen-bond donors (Lipinski definition) is 1. The number of nitrogens with one attached hydrogen (secondary N) is 1. The van der Waals surface area contributed by atoms with Gasteiger partial charge in [0.05, 0.1) is 0 Å². The fraction of sp³-hybridized carbons (Fsp3) is 0.625. The van der Waals surface area contributed by atoms with E-state index in [0.29, 0.717) is 0 Å². The quantitative estimate of drug-likeness (QED) is 0.772. The fourth-order valence-electron chi connectivity index (χ4n) is 2.76. The molecule has 1 aliphatic rings. The topological polar surface area (TPSA) is 15.3 Å². The van der Waals surface area contributed by atoms with Crippen LogP contribution in [0.4, 0.5) is 5.69 Å². The summed E-state index contributed by atoms with van der Waals surface area (Å²) >= 11 is 0. The minimum atomic E-state index is 0.758. The molecule has 0 amide bonds. The highest BCUT2D eigenvalue weighted by Gasteiger charge is 2.19. The van der Waals surface area contributed by atoms with Crippen molar-refractivity contribution in [1.82, 2.24) is 5.32 Å². The third-order valence-electron chi connectivity index (χ3n) is 3.97. The maximum absolute atomic E-state index is 3.44. The standard InChI is InChI=1S/C16H26N2/c1-3-12-17-13-14-8-10-16(11-9-14)18(2)15-6-4-5-7-15/h8-11,15,17H,3-7,12-13H2,1-2H3. The summed E-state index contributed by atoms with van der Waals surface area (Å²) in [5, 5.41) is 3.44. The Labute approximate surface area is 111 Å². The summed E-state index contributed by atoms with van der Waals surface area (Å²) in [6.45, 7) is 4.29. The Morgan fingerprint density at radius 1 is 1.17 bits per heavy atom. The van der Waals surface area contributed by atoms with Gasteiger partial charge in [-0.15, -0.1) is 0 Å². The highest BCUT2D eigenvalue weighted by Crippen LogP contribution is 2.26. The summed E-state index contributed by atoms with van der Waals surface area (Å²) in [4.78, 5) is 2.45. The first-order chi connectivity index (χ1) is 8.81. The number of benzene rings is 1. The van der Waals surface area contributed by atoms with Gasteiger partial charge in [-0.1, -0.05) is 31.9 Å². The molecule has 1 aliphatic carbocycles. The van der Waals surface area contributed by atoms with E-state index in [1.54, 1.807) is 0 Å². The Balaban J connectivity index is 1.89. The second-order valence-electron chi connectivity index (χ2n) is 5.39. The number of anilines is 1. The van der Waals surface area contributed by atoms with Crippen LogP contribution in [0.3, 0.4) is 0 Å². The normalized spacial score (nSPS) is 16.1. The van der Waals surface area contributed by atoms with Crippen LogP contribution in [0.5, 0.6) is 0 Å². The summed E-state index contributed by atoms with van der Waals surface area (Å²) in [5.74, 6) is 0. The van der Waals surface area contributed by atoms with E-state index in [1.807, 2.05) is 0 Å². The maximum atomic E-state index is 3.44. The largest absolute Gasteiger partial charge is 0.372 e. The first-order valence-corrected chi connectivity index (χ1v) is 7.33. The van der Waals surface area contributed by atoms with Crippen molar-refractivity contribution >= 4 is 5.69 Å². The van der Waals surface area contributed by atoms with Gasteiger partial charge in [-0.2, -0.15) is 0 Å². The van der Waals surface area contributed by atoms with E-state index in [9.17, 15) is 0 Å². The van der Waals surface area contributed by atoms with Gasteiger partial charge in [-0.05, 0) is 43.5 Å². The molecule has 0 radical (unpaired) electrons. The molecule has 0 saturated heterocycles. The Morgan fingerprint density at radius 2 is 1.83 bits per heavy atom. The Bertz CT molecular complexity index is 339. The van der Waals surface area contributed by atoms with Gasteiger partial charge in [0.1, 0.15) is 0 Å².